The summed E-state index contributed by atoms with van der Waals surface area (Å²) in [4.78, 5) is 32.2. The maximum Gasteiger partial charge on any atom is 0.252 e. The van der Waals surface area contributed by atoms with Gasteiger partial charge < -0.3 is 10.6 Å². The zero-order valence-electron chi connectivity index (χ0n) is 14.6. The van der Waals surface area contributed by atoms with E-state index in [1.54, 1.807) is 54.5 Å². The van der Waals surface area contributed by atoms with Crippen molar-refractivity contribution in [1.82, 2.24) is 25.2 Å². The second-order valence-electron chi connectivity index (χ2n) is 5.85. The fourth-order valence-electron chi connectivity index (χ4n) is 2.36. The van der Waals surface area contributed by atoms with Gasteiger partial charge in [-0.15, -0.1) is 0 Å². The van der Waals surface area contributed by atoms with Crippen LogP contribution in [0.25, 0.3) is 5.82 Å². The molecule has 0 spiro atoms. The first kappa shape index (κ1) is 18.2. The number of carbonyl (C=O) groups excluding carboxylic acids is 2. The smallest absolute Gasteiger partial charge is 0.252 e. The normalized spacial score (nSPS) is 10.4. The zero-order chi connectivity index (χ0) is 19.2. The van der Waals surface area contributed by atoms with Crippen LogP contribution < -0.4 is 10.6 Å². The van der Waals surface area contributed by atoms with E-state index in [0.29, 0.717) is 16.9 Å². The Morgan fingerprint density at radius 3 is 2.37 bits per heavy atom. The second-order valence-corrected chi connectivity index (χ2v) is 5.85. The summed E-state index contributed by atoms with van der Waals surface area (Å²) in [6.45, 7) is 2.09. The Labute approximate surface area is 155 Å². The van der Waals surface area contributed by atoms with Crippen LogP contribution in [0.15, 0.2) is 55.2 Å². The lowest BCUT2D eigenvalue weighted by Crippen LogP contribution is -2.34. The molecule has 0 radical (unpaired) electrons. The lowest BCUT2D eigenvalue weighted by molar-refractivity contribution is 0.0927. The monoisotopic (exact) mass is 367 g/mol. The van der Waals surface area contributed by atoms with Gasteiger partial charge in [-0.2, -0.15) is 0 Å². The highest BCUT2D eigenvalue weighted by atomic mass is 19.1. The number of pyridine rings is 1. The number of rotatable bonds is 6. The zero-order valence-corrected chi connectivity index (χ0v) is 14.6. The average molecular weight is 367 g/mol. The molecule has 0 aliphatic carbocycles. The summed E-state index contributed by atoms with van der Waals surface area (Å²) in [6, 6.07) is 7.67. The molecular formula is C19H18FN5O2. The third-order valence-corrected chi connectivity index (χ3v) is 3.91. The molecule has 0 unspecified atom stereocenters. The summed E-state index contributed by atoms with van der Waals surface area (Å²) in [7, 11) is 0. The van der Waals surface area contributed by atoms with Crippen molar-refractivity contribution in [2.75, 3.05) is 13.1 Å². The number of aryl methyl sites for hydroxylation is 1. The summed E-state index contributed by atoms with van der Waals surface area (Å²) in [5.74, 6) is -0.464. The molecule has 2 N–H and O–H groups in total. The summed E-state index contributed by atoms with van der Waals surface area (Å²) < 4.78 is 15.2. The van der Waals surface area contributed by atoms with Crippen molar-refractivity contribution >= 4 is 11.8 Å². The van der Waals surface area contributed by atoms with Crippen LogP contribution in [0.4, 0.5) is 4.39 Å². The molecule has 3 aromatic rings. The van der Waals surface area contributed by atoms with Crippen LogP contribution in [-0.2, 0) is 0 Å². The van der Waals surface area contributed by atoms with Gasteiger partial charge in [0.2, 0.25) is 0 Å². The van der Waals surface area contributed by atoms with Crippen LogP contribution >= 0.6 is 0 Å². The van der Waals surface area contributed by atoms with E-state index in [1.807, 2.05) is 0 Å². The Morgan fingerprint density at radius 2 is 1.78 bits per heavy atom. The molecule has 0 saturated carbocycles. The van der Waals surface area contributed by atoms with Gasteiger partial charge >= 0.3 is 0 Å². The van der Waals surface area contributed by atoms with Crippen LogP contribution in [0.2, 0.25) is 0 Å². The van der Waals surface area contributed by atoms with E-state index in [2.05, 4.69) is 20.6 Å². The van der Waals surface area contributed by atoms with Crippen molar-refractivity contribution < 1.29 is 14.0 Å². The van der Waals surface area contributed by atoms with E-state index in [0.717, 1.165) is 0 Å². The number of hydrogen-bond donors (Lipinski definition) is 2. The maximum atomic E-state index is 13.5. The summed E-state index contributed by atoms with van der Waals surface area (Å²) >= 11 is 0. The van der Waals surface area contributed by atoms with Gasteiger partial charge in [0.15, 0.2) is 0 Å². The molecule has 27 heavy (non-hydrogen) atoms. The molecule has 3 rings (SSSR count). The highest BCUT2D eigenvalue weighted by molar-refractivity contribution is 5.95. The van der Waals surface area contributed by atoms with Crippen LogP contribution in [0, 0.1) is 12.7 Å². The topological polar surface area (TPSA) is 88.9 Å². The van der Waals surface area contributed by atoms with E-state index >= 15 is 0 Å². The van der Waals surface area contributed by atoms with Gasteiger partial charge in [0, 0.05) is 37.2 Å². The second kappa shape index (κ2) is 8.22. The molecule has 0 aliphatic rings. The quantitative estimate of drug-likeness (QED) is 0.651. The number of carbonyl (C=O) groups is 2. The van der Waals surface area contributed by atoms with E-state index in [9.17, 15) is 14.0 Å². The number of benzene rings is 1. The first-order chi connectivity index (χ1) is 13.0. The summed E-state index contributed by atoms with van der Waals surface area (Å²) in [5.41, 5.74) is 1.13. The van der Waals surface area contributed by atoms with Crippen molar-refractivity contribution in [3.05, 3.63) is 77.8 Å². The minimum atomic E-state index is -0.428. The van der Waals surface area contributed by atoms with Gasteiger partial charge in [0.25, 0.3) is 11.8 Å². The molecule has 2 aromatic heterocycles. The van der Waals surface area contributed by atoms with Gasteiger partial charge in [-0.25, -0.2) is 14.4 Å². The molecule has 2 heterocycles. The number of nitrogens with one attached hydrogen (secondary N) is 2. The summed E-state index contributed by atoms with van der Waals surface area (Å²) in [6.07, 6.45) is 6.48. The van der Waals surface area contributed by atoms with Gasteiger partial charge in [0.1, 0.15) is 18.0 Å². The molecule has 0 atom stereocenters. The lowest BCUT2D eigenvalue weighted by Gasteiger charge is -2.08. The van der Waals surface area contributed by atoms with Crippen molar-refractivity contribution in [3.63, 3.8) is 0 Å². The van der Waals surface area contributed by atoms with E-state index in [4.69, 9.17) is 0 Å². The summed E-state index contributed by atoms with van der Waals surface area (Å²) in [5, 5.41) is 5.33. The van der Waals surface area contributed by atoms with Crippen molar-refractivity contribution in [2.45, 2.75) is 6.92 Å². The predicted octanol–water partition coefficient (Wildman–Crippen LogP) is 1.87. The predicted molar refractivity (Wildman–Crippen MR) is 97.2 cm³/mol. The standard InChI is InChI=1S/C19H18FN5O2/c1-13-2-3-14(10-16(13)20)18(26)22-6-7-23-19(27)15-4-5-17(24-11-15)25-9-8-21-12-25/h2-5,8-12H,6-7H2,1H3,(H,22,26)(H,23,27). The molecule has 0 aliphatic heterocycles. The Balaban J connectivity index is 1.46. The van der Waals surface area contributed by atoms with Crippen molar-refractivity contribution in [3.8, 4) is 5.82 Å². The van der Waals surface area contributed by atoms with Crippen LogP contribution in [-0.4, -0.2) is 39.4 Å². The SMILES string of the molecule is Cc1ccc(C(=O)NCCNC(=O)c2ccc(-n3ccnc3)nc2)cc1F. The minimum absolute atomic E-state index is 0.223. The number of aromatic nitrogens is 3. The van der Waals surface area contributed by atoms with Gasteiger partial charge in [0.05, 0.1) is 5.56 Å². The fourth-order valence-corrected chi connectivity index (χ4v) is 2.36. The number of hydrogen-bond acceptors (Lipinski definition) is 4. The molecule has 1 aromatic carbocycles. The number of amides is 2. The van der Waals surface area contributed by atoms with E-state index < -0.39 is 11.7 Å². The van der Waals surface area contributed by atoms with Crippen molar-refractivity contribution in [2.24, 2.45) is 0 Å². The van der Waals surface area contributed by atoms with Crippen LogP contribution in [0.5, 0.6) is 0 Å². The molecule has 0 fully saturated rings. The molecule has 138 valence electrons. The van der Waals surface area contributed by atoms with Crippen LogP contribution in [0.1, 0.15) is 26.3 Å². The molecule has 2 amide bonds. The van der Waals surface area contributed by atoms with Gasteiger partial charge in [-0.3, -0.25) is 14.2 Å². The molecule has 0 saturated heterocycles. The molecule has 7 nitrogen and oxygen atoms in total. The van der Waals surface area contributed by atoms with Crippen LogP contribution in [0.3, 0.4) is 0 Å². The Morgan fingerprint density at radius 1 is 1.07 bits per heavy atom. The third-order valence-electron chi connectivity index (χ3n) is 3.91. The Bertz CT molecular complexity index is 939. The number of halogens is 1. The first-order valence-electron chi connectivity index (χ1n) is 8.31. The number of nitrogens with zero attached hydrogens (tertiary/aromatic N) is 3. The molecule has 0 bridgehead atoms. The van der Waals surface area contributed by atoms with Gasteiger partial charge in [-0.1, -0.05) is 6.07 Å². The Kier molecular flexibility index (Phi) is 5.55. The highest BCUT2D eigenvalue weighted by Gasteiger charge is 2.09. The maximum absolute atomic E-state index is 13.5. The van der Waals surface area contributed by atoms with E-state index in [-0.39, 0.29) is 24.6 Å². The Hall–Kier alpha value is -3.55. The van der Waals surface area contributed by atoms with Crippen molar-refractivity contribution in [1.29, 1.82) is 0 Å². The molecule has 8 heteroatoms. The average Bonchev–Trinajstić information content (AvgIpc) is 3.22. The largest absolute Gasteiger partial charge is 0.350 e. The lowest BCUT2D eigenvalue weighted by atomic mass is 10.1. The minimum Gasteiger partial charge on any atom is -0.350 e. The third kappa shape index (κ3) is 4.55. The first-order valence-corrected chi connectivity index (χ1v) is 8.31. The van der Waals surface area contributed by atoms with Gasteiger partial charge in [-0.05, 0) is 36.8 Å². The number of imidazole rings is 1. The molecular weight excluding hydrogens is 349 g/mol. The van der Waals surface area contributed by atoms with E-state index in [1.165, 1.54) is 12.3 Å². The highest BCUT2D eigenvalue weighted by Crippen LogP contribution is 2.09. The fraction of sp³-hybridized carbons (Fsp3) is 0.158.